The van der Waals surface area contributed by atoms with Crippen molar-refractivity contribution in [1.29, 1.82) is 5.26 Å². The van der Waals surface area contributed by atoms with Gasteiger partial charge in [0.25, 0.3) is 0 Å². The van der Waals surface area contributed by atoms with Crippen LogP contribution in [0.3, 0.4) is 0 Å². The zero-order valence-electron chi connectivity index (χ0n) is 12.9. The Labute approximate surface area is 135 Å². The third kappa shape index (κ3) is 5.33. The van der Waals surface area contributed by atoms with Crippen LogP contribution < -0.4 is 4.74 Å². The first kappa shape index (κ1) is 16.3. The summed E-state index contributed by atoms with van der Waals surface area (Å²) in [6.45, 7) is 0.322. The molecule has 4 nitrogen and oxygen atoms in total. The number of benzene rings is 2. The molecule has 0 unspecified atom stereocenters. The molecule has 4 heteroatoms. The van der Waals surface area contributed by atoms with Gasteiger partial charge in [-0.05, 0) is 41.5 Å². The first-order chi connectivity index (χ1) is 11.2. The maximum atomic E-state index is 11.6. The molecular formula is C19H17NO3. The van der Waals surface area contributed by atoms with Gasteiger partial charge in [0.2, 0.25) is 0 Å². The lowest BCUT2D eigenvalue weighted by molar-refractivity contribution is -0.137. The maximum Gasteiger partial charge on any atom is 0.330 e. The molecule has 2 aromatic carbocycles. The molecule has 0 radical (unpaired) electrons. The van der Waals surface area contributed by atoms with Gasteiger partial charge in [-0.3, -0.25) is 0 Å². The van der Waals surface area contributed by atoms with E-state index in [1.807, 2.05) is 30.3 Å². The number of nitriles is 1. The van der Waals surface area contributed by atoms with Gasteiger partial charge in [-0.2, -0.15) is 5.26 Å². The van der Waals surface area contributed by atoms with E-state index in [1.165, 1.54) is 6.08 Å². The van der Waals surface area contributed by atoms with Crippen molar-refractivity contribution in [3.8, 4) is 11.8 Å². The Morgan fingerprint density at radius 2 is 1.83 bits per heavy atom. The molecule has 23 heavy (non-hydrogen) atoms. The van der Waals surface area contributed by atoms with Crippen molar-refractivity contribution in [3.63, 3.8) is 0 Å². The molecular weight excluding hydrogens is 290 g/mol. The quantitative estimate of drug-likeness (QED) is 0.606. The molecule has 0 heterocycles. The van der Waals surface area contributed by atoms with E-state index in [1.54, 1.807) is 37.5 Å². The van der Waals surface area contributed by atoms with Crippen LogP contribution >= 0.6 is 0 Å². The maximum absolute atomic E-state index is 11.6. The molecule has 2 aromatic rings. The van der Waals surface area contributed by atoms with E-state index >= 15 is 0 Å². The summed E-state index contributed by atoms with van der Waals surface area (Å²) in [7, 11) is 1.62. The van der Waals surface area contributed by atoms with Gasteiger partial charge in [-0.1, -0.05) is 24.3 Å². The Morgan fingerprint density at radius 1 is 1.13 bits per heavy atom. The van der Waals surface area contributed by atoms with E-state index < -0.39 is 0 Å². The minimum absolute atomic E-state index is 0.322. The zero-order chi connectivity index (χ0) is 16.5. The van der Waals surface area contributed by atoms with Crippen LogP contribution in [-0.4, -0.2) is 19.7 Å². The van der Waals surface area contributed by atoms with Gasteiger partial charge in [0.15, 0.2) is 0 Å². The van der Waals surface area contributed by atoms with Gasteiger partial charge >= 0.3 is 5.97 Å². The Balaban J connectivity index is 1.77. The lowest BCUT2D eigenvalue weighted by Gasteiger charge is -2.04. The van der Waals surface area contributed by atoms with E-state index in [-0.39, 0.29) is 5.97 Å². The Bertz CT molecular complexity index is 710. The first-order valence-corrected chi connectivity index (χ1v) is 7.19. The summed E-state index contributed by atoms with van der Waals surface area (Å²) in [6, 6.07) is 16.6. The minimum Gasteiger partial charge on any atom is -0.497 e. The van der Waals surface area contributed by atoms with E-state index in [4.69, 9.17) is 14.7 Å². The molecule has 0 N–H and O–H groups in total. The molecule has 0 atom stereocenters. The lowest BCUT2D eigenvalue weighted by atomic mass is 10.1. The highest BCUT2D eigenvalue weighted by Gasteiger charge is 1.99. The normalized spacial score (nSPS) is 10.3. The number of carbonyl (C=O) groups excluding carboxylic acids is 1. The van der Waals surface area contributed by atoms with Crippen molar-refractivity contribution in [3.05, 3.63) is 71.3 Å². The van der Waals surface area contributed by atoms with Crippen LogP contribution in [0.2, 0.25) is 0 Å². The van der Waals surface area contributed by atoms with E-state index in [9.17, 15) is 4.79 Å². The zero-order valence-corrected chi connectivity index (χ0v) is 12.9. The molecule has 116 valence electrons. The van der Waals surface area contributed by atoms with Crippen molar-refractivity contribution < 1.29 is 14.3 Å². The van der Waals surface area contributed by atoms with Crippen molar-refractivity contribution in [1.82, 2.24) is 0 Å². The fourth-order valence-corrected chi connectivity index (χ4v) is 1.94. The second-order valence-electron chi connectivity index (χ2n) is 4.83. The Kier molecular flexibility index (Phi) is 5.96. The first-order valence-electron chi connectivity index (χ1n) is 7.19. The monoisotopic (exact) mass is 307 g/mol. The summed E-state index contributed by atoms with van der Waals surface area (Å²) < 4.78 is 10.2. The van der Waals surface area contributed by atoms with Gasteiger partial charge in [-0.25, -0.2) is 4.79 Å². The minimum atomic E-state index is -0.386. The van der Waals surface area contributed by atoms with E-state index in [2.05, 4.69) is 0 Å². The molecule has 0 aliphatic heterocycles. The fraction of sp³-hybridized carbons (Fsp3) is 0.158. The van der Waals surface area contributed by atoms with Crippen LogP contribution in [0.15, 0.2) is 54.6 Å². The number of rotatable bonds is 6. The number of esters is 1. The Morgan fingerprint density at radius 3 is 2.43 bits per heavy atom. The molecule has 0 spiro atoms. The highest BCUT2D eigenvalue weighted by molar-refractivity contribution is 5.87. The van der Waals surface area contributed by atoms with E-state index in [0.29, 0.717) is 18.6 Å². The average molecular weight is 307 g/mol. The summed E-state index contributed by atoms with van der Waals surface area (Å²) in [5, 5.41) is 8.72. The third-order valence-corrected chi connectivity index (χ3v) is 3.25. The molecule has 2 rings (SSSR count). The van der Waals surface area contributed by atoms with Crippen LogP contribution in [-0.2, 0) is 16.0 Å². The largest absolute Gasteiger partial charge is 0.497 e. The SMILES string of the molecule is COc1ccc(CCOC(=O)/C=C/c2ccc(C#N)cc2)cc1. The third-order valence-electron chi connectivity index (χ3n) is 3.25. The molecule has 0 bridgehead atoms. The van der Waals surface area contributed by atoms with Crippen LogP contribution in [0.25, 0.3) is 6.08 Å². The summed E-state index contributed by atoms with van der Waals surface area (Å²) in [5.74, 6) is 0.416. The number of methoxy groups -OCH3 is 1. The smallest absolute Gasteiger partial charge is 0.330 e. The Hall–Kier alpha value is -3.06. The summed E-state index contributed by atoms with van der Waals surface area (Å²) in [4.78, 5) is 11.6. The fourth-order valence-electron chi connectivity index (χ4n) is 1.94. The number of hydrogen-bond donors (Lipinski definition) is 0. The lowest BCUT2D eigenvalue weighted by Crippen LogP contribution is -2.04. The highest BCUT2D eigenvalue weighted by Crippen LogP contribution is 2.11. The number of carbonyl (C=O) groups is 1. The van der Waals surface area contributed by atoms with Gasteiger partial charge in [0.1, 0.15) is 5.75 Å². The van der Waals surface area contributed by atoms with Crippen LogP contribution in [0.5, 0.6) is 5.75 Å². The van der Waals surface area contributed by atoms with Crippen LogP contribution in [0, 0.1) is 11.3 Å². The second kappa shape index (κ2) is 8.40. The molecule has 0 saturated heterocycles. The second-order valence-corrected chi connectivity index (χ2v) is 4.83. The number of hydrogen-bond acceptors (Lipinski definition) is 4. The number of ether oxygens (including phenoxy) is 2. The van der Waals surface area contributed by atoms with Gasteiger partial charge in [-0.15, -0.1) is 0 Å². The predicted octanol–water partition coefficient (Wildman–Crippen LogP) is 3.37. The molecule has 0 aliphatic carbocycles. The van der Waals surface area contributed by atoms with Crippen LogP contribution in [0.1, 0.15) is 16.7 Å². The summed E-state index contributed by atoms with van der Waals surface area (Å²) in [5.41, 5.74) is 2.51. The number of nitrogens with zero attached hydrogens (tertiary/aromatic N) is 1. The van der Waals surface area contributed by atoms with Crippen molar-refractivity contribution in [2.24, 2.45) is 0 Å². The summed E-state index contributed by atoms with van der Waals surface area (Å²) >= 11 is 0. The summed E-state index contributed by atoms with van der Waals surface area (Å²) in [6.07, 6.45) is 3.70. The van der Waals surface area contributed by atoms with Gasteiger partial charge < -0.3 is 9.47 Å². The predicted molar refractivity (Wildman–Crippen MR) is 87.8 cm³/mol. The molecule has 0 fully saturated rings. The molecule has 0 aromatic heterocycles. The van der Waals surface area contributed by atoms with Crippen molar-refractivity contribution in [2.75, 3.05) is 13.7 Å². The van der Waals surface area contributed by atoms with Crippen LogP contribution in [0.4, 0.5) is 0 Å². The van der Waals surface area contributed by atoms with Gasteiger partial charge in [0, 0.05) is 12.5 Å². The van der Waals surface area contributed by atoms with Crippen molar-refractivity contribution in [2.45, 2.75) is 6.42 Å². The highest BCUT2D eigenvalue weighted by atomic mass is 16.5. The van der Waals surface area contributed by atoms with Gasteiger partial charge in [0.05, 0.1) is 25.3 Å². The van der Waals surface area contributed by atoms with E-state index in [0.717, 1.165) is 16.9 Å². The topological polar surface area (TPSA) is 59.3 Å². The molecule has 0 saturated carbocycles. The molecule has 0 amide bonds. The standard InChI is InChI=1S/C19H17NO3/c1-22-18-9-6-16(7-10-18)12-13-23-19(21)11-8-15-2-4-17(14-20)5-3-15/h2-11H,12-13H2,1H3/b11-8+. The molecule has 0 aliphatic rings. The van der Waals surface area contributed by atoms with Crippen molar-refractivity contribution >= 4 is 12.0 Å². The average Bonchev–Trinajstić information content (AvgIpc) is 2.61.